The second-order valence-corrected chi connectivity index (χ2v) is 17.7. The summed E-state index contributed by atoms with van der Waals surface area (Å²) < 4.78 is 26.5. The number of methoxy groups -OCH3 is 1. The van der Waals surface area contributed by atoms with Crippen LogP contribution in [-0.4, -0.2) is 68.4 Å². The van der Waals surface area contributed by atoms with E-state index in [1.54, 1.807) is 37.1 Å². The number of fused-ring (bicyclic) bond motifs is 4. The van der Waals surface area contributed by atoms with Crippen LogP contribution in [0.4, 0.5) is 14.9 Å². The summed E-state index contributed by atoms with van der Waals surface area (Å²) in [5.74, 6) is 0.219. The number of benzene rings is 2. The number of amides is 3. The highest BCUT2D eigenvalue weighted by atomic mass is 28.4. The SMILES string of the molecule is COc1ccc2c3c([nH]c2c1)C(CO[Si](C)(C)C(C)(C)C)N(C(C)=O)CC31CCN(C(=O)Nc2ccccc2F)C1. The summed E-state index contributed by atoms with van der Waals surface area (Å²) in [6.45, 7) is 14.4. The third-order valence-corrected chi connectivity index (χ3v) is 13.8. The van der Waals surface area contributed by atoms with Crippen LogP contribution in [0.2, 0.25) is 18.1 Å². The number of aromatic amines is 1. The van der Waals surface area contributed by atoms with E-state index in [1.807, 2.05) is 17.0 Å². The van der Waals surface area contributed by atoms with E-state index in [2.05, 4.69) is 50.2 Å². The summed E-state index contributed by atoms with van der Waals surface area (Å²) in [4.78, 5) is 33.8. The molecule has 2 atom stereocenters. The van der Waals surface area contributed by atoms with Crippen molar-refractivity contribution in [1.29, 1.82) is 0 Å². The zero-order valence-corrected chi connectivity index (χ0v) is 26.1. The van der Waals surface area contributed by atoms with Crippen LogP contribution in [0.3, 0.4) is 0 Å². The van der Waals surface area contributed by atoms with Crippen LogP contribution in [0.5, 0.6) is 5.75 Å². The van der Waals surface area contributed by atoms with E-state index >= 15 is 0 Å². The van der Waals surface area contributed by atoms with Gasteiger partial charge in [-0.05, 0) is 54.4 Å². The van der Waals surface area contributed by atoms with Gasteiger partial charge in [-0.3, -0.25) is 4.79 Å². The molecule has 220 valence electrons. The van der Waals surface area contributed by atoms with Gasteiger partial charge in [0, 0.05) is 54.6 Å². The number of aromatic nitrogens is 1. The number of hydrogen-bond acceptors (Lipinski definition) is 4. The third-order valence-electron chi connectivity index (χ3n) is 9.32. The average Bonchev–Trinajstić information content (AvgIpc) is 3.51. The Morgan fingerprint density at radius 3 is 2.56 bits per heavy atom. The molecule has 5 rings (SSSR count). The minimum Gasteiger partial charge on any atom is -0.497 e. The molecule has 1 spiro atoms. The van der Waals surface area contributed by atoms with Gasteiger partial charge in [0.25, 0.3) is 0 Å². The number of carbonyl (C=O) groups is 2. The summed E-state index contributed by atoms with van der Waals surface area (Å²) in [6, 6.07) is 11.5. The molecule has 1 fully saturated rings. The van der Waals surface area contributed by atoms with E-state index in [-0.39, 0.29) is 28.7 Å². The van der Waals surface area contributed by atoms with Gasteiger partial charge in [0.1, 0.15) is 11.6 Å². The van der Waals surface area contributed by atoms with E-state index in [9.17, 15) is 14.0 Å². The number of urea groups is 1. The number of likely N-dealkylation sites (tertiary alicyclic amines) is 1. The quantitative estimate of drug-likeness (QED) is 0.341. The van der Waals surface area contributed by atoms with Crippen LogP contribution in [0.25, 0.3) is 10.9 Å². The third kappa shape index (κ3) is 5.23. The number of ether oxygens (including phenoxy) is 1. The maximum absolute atomic E-state index is 14.3. The molecule has 3 aromatic rings. The highest BCUT2D eigenvalue weighted by Gasteiger charge is 2.52. The molecule has 2 N–H and O–H groups in total. The summed E-state index contributed by atoms with van der Waals surface area (Å²) in [6.07, 6.45) is 0.670. The number of halogens is 1. The maximum atomic E-state index is 14.3. The van der Waals surface area contributed by atoms with Crippen molar-refractivity contribution < 1.29 is 23.1 Å². The summed E-state index contributed by atoms with van der Waals surface area (Å²) >= 11 is 0. The first-order valence-electron chi connectivity index (χ1n) is 14.2. The predicted molar refractivity (Wildman–Crippen MR) is 161 cm³/mol. The van der Waals surface area contributed by atoms with Gasteiger partial charge in [-0.2, -0.15) is 0 Å². The fourth-order valence-corrected chi connectivity index (χ4v) is 6.97. The van der Waals surface area contributed by atoms with Crippen molar-refractivity contribution in [1.82, 2.24) is 14.8 Å². The first-order valence-corrected chi connectivity index (χ1v) is 17.1. The van der Waals surface area contributed by atoms with Crippen molar-refractivity contribution in [3.05, 3.63) is 59.5 Å². The molecule has 0 saturated carbocycles. The second-order valence-electron chi connectivity index (χ2n) is 12.9. The fraction of sp³-hybridized carbons (Fsp3) is 0.484. The minimum atomic E-state index is -2.10. The summed E-state index contributed by atoms with van der Waals surface area (Å²) in [5.41, 5.74) is 2.65. The highest BCUT2D eigenvalue weighted by molar-refractivity contribution is 6.74. The largest absolute Gasteiger partial charge is 0.497 e. The van der Waals surface area contributed by atoms with Crippen molar-refractivity contribution in [2.24, 2.45) is 0 Å². The predicted octanol–water partition coefficient (Wildman–Crippen LogP) is 6.42. The van der Waals surface area contributed by atoms with Gasteiger partial charge in [-0.1, -0.05) is 32.9 Å². The van der Waals surface area contributed by atoms with Gasteiger partial charge < -0.3 is 29.3 Å². The number of H-pyrrole nitrogens is 1. The molecule has 2 aliphatic heterocycles. The van der Waals surface area contributed by atoms with E-state index in [1.165, 1.54) is 6.07 Å². The van der Waals surface area contributed by atoms with Gasteiger partial charge in [0.2, 0.25) is 5.91 Å². The first kappa shape index (κ1) is 29.1. The Kier molecular flexibility index (Phi) is 7.44. The van der Waals surface area contributed by atoms with Crippen molar-refractivity contribution in [3.63, 3.8) is 0 Å². The Morgan fingerprint density at radius 2 is 1.90 bits per heavy atom. The van der Waals surface area contributed by atoms with Crippen molar-refractivity contribution in [2.75, 3.05) is 38.7 Å². The van der Waals surface area contributed by atoms with E-state index in [0.717, 1.165) is 27.9 Å². The molecule has 3 heterocycles. The van der Waals surface area contributed by atoms with Crippen molar-refractivity contribution >= 4 is 36.8 Å². The normalized spacial score (nSPS) is 20.9. The van der Waals surface area contributed by atoms with E-state index in [4.69, 9.17) is 9.16 Å². The molecule has 8 nitrogen and oxygen atoms in total. The number of nitrogens with one attached hydrogen (secondary N) is 2. The lowest BCUT2D eigenvalue weighted by Crippen LogP contribution is -2.53. The number of anilines is 1. The molecule has 2 unspecified atom stereocenters. The molecule has 0 aliphatic carbocycles. The van der Waals surface area contributed by atoms with Crippen LogP contribution in [0, 0.1) is 5.82 Å². The average molecular weight is 581 g/mol. The maximum Gasteiger partial charge on any atom is 0.321 e. The lowest BCUT2D eigenvalue weighted by molar-refractivity contribution is -0.134. The van der Waals surface area contributed by atoms with Crippen LogP contribution < -0.4 is 10.1 Å². The minimum absolute atomic E-state index is 0.0259. The highest BCUT2D eigenvalue weighted by Crippen LogP contribution is 2.49. The Morgan fingerprint density at radius 1 is 1.17 bits per heavy atom. The Bertz CT molecular complexity index is 1480. The Labute approximate surface area is 242 Å². The van der Waals surface area contributed by atoms with Gasteiger partial charge >= 0.3 is 6.03 Å². The molecule has 0 radical (unpaired) electrons. The topological polar surface area (TPSA) is 86.9 Å². The second kappa shape index (κ2) is 10.5. The summed E-state index contributed by atoms with van der Waals surface area (Å²) in [7, 11) is -0.459. The first-order chi connectivity index (χ1) is 19.3. The molecular formula is C31H41FN4O4Si. The van der Waals surface area contributed by atoms with Gasteiger partial charge in [-0.25, -0.2) is 9.18 Å². The standard InChI is InChI=1S/C31H41FN4O4Si/c1-20(37)36-19-31(14-15-35(18-31)29(38)34-24-11-9-8-10-23(24)32)27-22-13-12-21(39-5)16-25(22)33-28(27)26(36)17-40-41(6,7)30(2,3)4/h8-13,16,26,33H,14-15,17-19H2,1-7H3,(H,34,38). The zero-order chi connectivity index (χ0) is 29.7. The van der Waals surface area contributed by atoms with Crippen molar-refractivity contribution in [3.8, 4) is 5.75 Å². The fourth-order valence-electron chi connectivity index (χ4n) is 5.96. The molecule has 41 heavy (non-hydrogen) atoms. The van der Waals surface area contributed by atoms with E-state index < -0.39 is 19.5 Å². The summed E-state index contributed by atoms with van der Waals surface area (Å²) in [5, 5.41) is 3.81. The Hall–Kier alpha value is -3.37. The lowest BCUT2D eigenvalue weighted by Gasteiger charge is -2.46. The molecule has 2 aromatic carbocycles. The zero-order valence-electron chi connectivity index (χ0n) is 25.1. The van der Waals surface area contributed by atoms with E-state index in [0.29, 0.717) is 32.7 Å². The number of para-hydroxylation sites is 1. The number of carbonyl (C=O) groups excluding carboxylic acids is 2. The Balaban J connectivity index is 1.55. The molecular weight excluding hydrogens is 539 g/mol. The smallest absolute Gasteiger partial charge is 0.321 e. The molecule has 0 bridgehead atoms. The number of rotatable bonds is 5. The molecule has 1 saturated heterocycles. The molecule has 10 heteroatoms. The lowest BCUT2D eigenvalue weighted by atomic mass is 9.73. The van der Waals surface area contributed by atoms with Gasteiger partial charge in [0.05, 0.1) is 25.4 Å². The van der Waals surface area contributed by atoms with Crippen LogP contribution in [-0.2, 0) is 14.6 Å². The molecule has 1 aromatic heterocycles. The molecule has 3 amide bonds. The van der Waals surface area contributed by atoms with Crippen molar-refractivity contribution in [2.45, 2.75) is 63.7 Å². The number of nitrogens with zero attached hydrogens (tertiary/aromatic N) is 2. The van der Waals surface area contributed by atoms with Crippen LogP contribution >= 0.6 is 0 Å². The van der Waals surface area contributed by atoms with Gasteiger partial charge in [-0.15, -0.1) is 0 Å². The number of hydrogen-bond donors (Lipinski definition) is 2. The molecule has 2 aliphatic rings. The van der Waals surface area contributed by atoms with Crippen LogP contribution in [0.1, 0.15) is 51.4 Å². The monoisotopic (exact) mass is 580 g/mol. The van der Waals surface area contributed by atoms with Crippen LogP contribution in [0.15, 0.2) is 42.5 Å². The van der Waals surface area contributed by atoms with Gasteiger partial charge in [0.15, 0.2) is 8.32 Å².